The third-order valence-corrected chi connectivity index (χ3v) is 0.292. The first-order chi connectivity index (χ1) is 2.64. The van der Waals surface area contributed by atoms with E-state index in [2.05, 4.69) is 6.58 Å². The molecule has 0 rings (SSSR count). The highest BCUT2D eigenvalue weighted by molar-refractivity contribution is 5.89. The maximum absolute atomic E-state index is 9.59. The number of hydrogen-bond acceptors (Lipinski definition) is 2. The number of carbonyl (C=O) groups excluding carboxylic acids is 1. The molecule has 6 heavy (non-hydrogen) atoms. The second-order valence-electron chi connectivity index (χ2n) is 0.854. The molecule has 0 heterocycles. The van der Waals surface area contributed by atoms with E-state index in [1.54, 1.807) is 0 Å². The Morgan fingerprint density at radius 2 is 2.00 bits per heavy atom. The smallest absolute Gasteiger partial charge is 0.284 e. The molecule has 0 aliphatic rings. The molecule has 3 heteroatoms. The van der Waals surface area contributed by atoms with E-state index in [9.17, 15) is 4.79 Å². The van der Waals surface area contributed by atoms with Crippen LogP contribution in [0.3, 0.4) is 0 Å². The number of nitrogens with two attached hydrogens (primary N) is 1. The molecule has 0 spiro atoms. The van der Waals surface area contributed by atoms with Gasteiger partial charge < -0.3 is 5.73 Å². The van der Waals surface area contributed by atoms with Crippen molar-refractivity contribution in [3.63, 3.8) is 0 Å². The fourth-order valence-electron chi connectivity index (χ4n) is 0. The van der Waals surface area contributed by atoms with Gasteiger partial charge in [-0.15, -0.1) is 0 Å². The minimum Gasteiger partial charge on any atom is -0.395 e. The molecule has 0 fully saturated rings. The van der Waals surface area contributed by atoms with Gasteiger partial charge in [-0.3, -0.25) is 10.5 Å². The highest BCUT2D eigenvalue weighted by atomic mass is 16.1. The van der Waals surface area contributed by atoms with Crippen molar-refractivity contribution in [3.05, 3.63) is 12.3 Å². The lowest BCUT2D eigenvalue weighted by molar-refractivity contribution is -0.115. The lowest BCUT2D eigenvalue weighted by Gasteiger charge is -1.80. The summed E-state index contributed by atoms with van der Waals surface area (Å²) in [5, 5.41) is 0. The van der Waals surface area contributed by atoms with Crippen molar-refractivity contribution in [1.29, 1.82) is 0 Å². The number of rotatable bonds is 1. The molecule has 0 bridgehead atoms. The molecule has 33 valence electrons. The van der Waals surface area contributed by atoms with Crippen LogP contribution < -0.4 is 11.5 Å². The summed E-state index contributed by atoms with van der Waals surface area (Å²) < 4.78 is 0. The molecular weight excluding hydrogens is 80.0 g/mol. The first-order valence-corrected chi connectivity index (χ1v) is 1.35. The zero-order valence-corrected chi connectivity index (χ0v) is 3.19. The monoisotopic (exact) mass is 85.0 g/mol. The van der Waals surface area contributed by atoms with Crippen LogP contribution in [0.25, 0.3) is 0 Å². The maximum atomic E-state index is 9.59. The summed E-state index contributed by atoms with van der Waals surface area (Å²) >= 11 is 0. The van der Waals surface area contributed by atoms with Crippen molar-refractivity contribution in [3.8, 4) is 0 Å². The summed E-state index contributed by atoms with van der Waals surface area (Å²) in [4.78, 5) is 9.59. The van der Waals surface area contributed by atoms with Gasteiger partial charge in [-0.25, -0.2) is 0 Å². The van der Waals surface area contributed by atoms with Gasteiger partial charge in [0.05, 0.1) is 5.70 Å². The molecular formula is C3H5N2O. The lowest BCUT2D eigenvalue weighted by atomic mass is 10.5. The Hall–Kier alpha value is -0.990. The van der Waals surface area contributed by atoms with Gasteiger partial charge in [-0.1, -0.05) is 6.58 Å². The van der Waals surface area contributed by atoms with Crippen LogP contribution in [0, 0.1) is 0 Å². The van der Waals surface area contributed by atoms with E-state index < -0.39 is 5.91 Å². The molecule has 0 saturated carbocycles. The summed E-state index contributed by atoms with van der Waals surface area (Å²) in [6, 6.07) is 0. The average molecular weight is 85.1 g/mol. The zero-order valence-electron chi connectivity index (χ0n) is 3.19. The van der Waals surface area contributed by atoms with E-state index in [0.29, 0.717) is 0 Å². The van der Waals surface area contributed by atoms with Crippen molar-refractivity contribution < 1.29 is 4.79 Å². The Labute approximate surface area is 35.6 Å². The summed E-state index contributed by atoms with van der Waals surface area (Å²) in [5.74, 6) is -0.907. The quantitative estimate of drug-likeness (QED) is 0.426. The number of nitrogens with one attached hydrogen (secondary N) is 1. The molecule has 0 aliphatic heterocycles. The van der Waals surface area contributed by atoms with Crippen molar-refractivity contribution in [2.24, 2.45) is 5.73 Å². The van der Waals surface area contributed by atoms with E-state index in [1.807, 2.05) is 0 Å². The molecule has 0 saturated heterocycles. The first-order valence-electron chi connectivity index (χ1n) is 1.35. The molecule has 0 atom stereocenters. The van der Waals surface area contributed by atoms with Crippen LogP contribution >= 0.6 is 0 Å². The average Bonchev–Trinajstić information content (AvgIpc) is 1.36. The highest BCUT2D eigenvalue weighted by Gasteiger charge is 1.89. The predicted molar refractivity (Wildman–Crippen MR) is 21.4 cm³/mol. The van der Waals surface area contributed by atoms with Gasteiger partial charge in [0.25, 0.3) is 5.91 Å². The third-order valence-electron chi connectivity index (χ3n) is 0.292. The molecule has 1 amide bonds. The normalized spacial score (nSPS) is 7.33. The largest absolute Gasteiger partial charge is 0.395 e. The van der Waals surface area contributed by atoms with E-state index in [4.69, 9.17) is 11.5 Å². The van der Waals surface area contributed by atoms with Crippen LogP contribution in [0.1, 0.15) is 0 Å². The Morgan fingerprint density at radius 3 is 2.00 bits per heavy atom. The SMILES string of the molecule is C=C(N)C([NH])=O. The number of hydrogen-bond donors (Lipinski definition) is 1. The van der Waals surface area contributed by atoms with E-state index in [-0.39, 0.29) is 5.70 Å². The van der Waals surface area contributed by atoms with Crippen molar-refractivity contribution in [1.82, 2.24) is 5.73 Å². The first kappa shape index (κ1) is 5.01. The van der Waals surface area contributed by atoms with E-state index >= 15 is 0 Å². The third kappa shape index (κ3) is 1.34. The Kier molecular flexibility index (Phi) is 1.21. The molecule has 0 aliphatic carbocycles. The molecule has 0 aromatic heterocycles. The predicted octanol–water partition coefficient (Wildman–Crippen LogP) is -0.732. The molecule has 3 N–H and O–H groups in total. The molecule has 1 radical (unpaired) electrons. The van der Waals surface area contributed by atoms with Gasteiger partial charge >= 0.3 is 0 Å². The second-order valence-corrected chi connectivity index (χ2v) is 0.854. The van der Waals surface area contributed by atoms with Crippen molar-refractivity contribution in [2.75, 3.05) is 0 Å². The fraction of sp³-hybridized carbons (Fsp3) is 0. The molecule has 3 nitrogen and oxygen atoms in total. The second kappa shape index (κ2) is 1.45. The Balaban J connectivity index is 3.57. The summed E-state index contributed by atoms with van der Waals surface area (Å²) in [6.45, 7) is 3.00. The topological polar surface area (TPSA) is 66.9 Å². The van der Waals surface area contributed by atoms with Crippen LogP contribution in [0.5, 0.6) is 0 Å². The van der Waals surface area contributed by atoms with E-state index in [0.717, 1.165) is 0 Å². The Morgan fingerprint density at radius 1 is 1.83 bits per heavy atom. The minimum atomic E-state index is -0.907. The Bertz CT molecular complexity index is 74.8. The van der Waals surface area contributed by atoms with E-state index in [1.165, 1.54) is 0 Å². The molecule has 0 unspecified atom stereocenters. The van der Waals surface area contributed by atoms with Gasteiger partial charge in [0.1, 0.15) is 0 Å². The fourth-order valence-corrected chi connectivity index (χ4v) is 0. The maximum Gasteiger partial charge on any atom is 0.284 e. The van der Waals surface area contributed by atoms with Gasteiger partial charge in [-0.2, -0.15) is 0 Å². The lowest BCUT2D eigenvalue weighted by Crippen LogP contribution is -2.08. The summed E-state index contributed by atoms with van der Waals surface area (Å²) in [5.41, 5.74) is 10.7. The molecule has 0 aromatic rings. The van der Waals surface area contributed by atoms with Crippen LogP contribution in [-0.4, -0.2) is 5.91 Å². The standard InChI is InChI=1S/C3H5N2O/c1-2(4)3(5)6/h5H,1,4H2. The highest BCUT2D eigenvalue weighted by Crippen LogP contribution is 1.68. The van der Waals surface area contributed by atoms with Gasteiger partial charge in [0, 0.05) is 0 Å². The summed E-state index contributed by atoms with van der Waals surface area (Å²) in [7, 11) is 0. The van der Waals surface area contributed by atoms with Crippen LogP contribution in [0.15, 0.2) is 12.3 Å². The van der Waals surface area contributed by atoms with Crippen molar-refractivity contribution >= 4 is 5.91 Å². The van der Waals surface area contributed by atoms with Gasteiger partial charge in [0.15, 0.2) is 0 Å². The van der Waals surface area contributed by atoms with Gasteiger partial charge in [-0.05, 0) is 0 Å². The molecule has 0 aromatic carbocycles. The number of amides is 1. The van der Waals surface area contributed by atoms with Crippen molar-refractivity contribution in [2.45, 2.75) is 0 Å². The van der Waals surface area contributed by atoms with Crippen LogP contribution in [-0.2, 0) is 4.79 Å². The van der Waals surface area contributed by atoms with Crippen LogP contribution in [0.2, 0.25) is 0 Å². The zero-order chi connectivity index (χ0) is 5.15. The van der Waals surface area contributed by atoms with Gasteiger partial charge in [0.2, 0.25) is 0 Å². The number of carbonyl (C=O) groups is 1. The summed E-state index contributed by atoms with van der Waals surface area (Å²) in [6.07, 6.45) is 0. The minimum absolute atomic E-state index is 0.213. The van der Waals surface area contributed by atoms with Crippen LogP contribution in [0.4, 0.5) is 0 Å².